The van der Waals surface area contributed by atoms with Crippen molar-refractivity contribution in [2.45, 2.75) is 58.3 Å². The van der Waals surface area contributed by atoms with E-state index >= 15 is 0 Å². The zero-order valence-corrected chi connectivity index (χ0v) is 12.8. The number of benzene rings is 1. The van der Waals surface area contributed by atoms with E-state index in [1.807, 2.05) is 0 Å². The predicted molar refractivity (Wildman–Crippen MR) is 81.5 cm³/mol. The summed E-state index contributed by atoms with van der Waals surface area (Å²) in [5.74, 6) is 0.278. The van der Waals surface area contributed by atoms with Crippen LogP contribution in [0.3, 0.4) is 0 Å². The van der Waals surface area contributed by atoms with Crippen molar-refractivity contribution in [2.75, 3.05) is 0 Å². The van der Waals surface area contributed by atoms with E-state index in [0.29, 0.717) is 5.92 Å². The van der Waals surface area contributed by atoms with Crippen LogP contribution in [0.2, 0.25) is 0 Å². The van der Waals surface area contributed by atoms with Crippen LogP contribution in [0.15, 0.2) is 18.2 Å². The van der Waals surface area contributed by atoms with Crippen LogP contribution in [0.5, 0.6) is 0 Å². The van der Waals surface area contributed by atoms with Crippen molar-refractivity contribution in [3.8, 4) is 0 Å². The van der Waals surface area contributed by atoms with E-state index in [-0.39, 0.29) is 16.7 Å². The third-order valence-electron chi connectivity index (χ3n) is 6.07. The molecule has 20 heavy (non-hydrogen) atoms. The Morgan fingerprint density at radius 2 is 2.05 bits per heavy atom. The quantitative estimate of drug-likeness (QED) is 0.834. The van der Waals surface area contributed by atoms with Crippen molar-refractivity contribution in [2.24, 2.45) is 17.1 Å². The average Bonchev–Trinajstić information content (AvgIpc) is 2.37. The van der Waals surface area contributed by atoms with E-state index < -0.39 is 0 Å². The maximum Gasteiger partial charge on any atom is 0.223 e. The molecule has 1 fully saturated rings. The van der Waals surface area contributed by atoms with E-state index in [1.165, 1.54) is 23.1 Å². The highest BCUT2D eigenvalue weighted by molar-refractivity contribution is 5.81. The molecular formula is C18H25NO. The van der Waals surface area contributed by atoms with Crippen molar-refractivity contribution < 1.29 is 4.79 Å². The van der Waals surface area contributed by atoms with Crippen molar-refractivity contribution in [3.05, 3.63) is 34.9 Å². The molecule has 0 radical (unpaired) electrons. The Hall–Kier alpha value is -1.31. The highest BCUT2D eigenvalue weighted by Crippen LogP contribution is 2.57. The fraction of sp³-hybridized carbons (Fsp3) is 0.611. The van der Waals surface area contributed by atoms with Gasteiger partial charge >= 0.3 is 0 Å². The van der Waals surface area contributed by atoms with E-state index in [2.05, 4.69) is 39.0 Å². The van der Waals surface area contributed by atoms with Crippen molar-refractivity contribution in [1.29, 1.82) is 0 Å². The third kappa shape index (κ3) is 1.73. The van der Waals surface area contributed by atoms with Gasteiger partial charge in [-0.15, -0.1) is 0 Å². The monoisotopic (exact) mass is 271 g/mol. The van der Waals surface area contributed by atoms with Gasteiger partial charge in [0.1, 0.15) is 0 Å². The Kier molecular flexibility index (Phi) is 2.97. The molecule has 3 atom stereocenters. The zero-order chi connectivity index (χ0) is 14.5. The number of amides is 1. The smallest absolute Gasteiger partial charge is 0.223 e. The number of primary amides is 1. The SMILES string of the molecule is Cc1ccc2c(c1)CCC1C(C)(C(N)=O)CCCC21C. The van der Waals surface area contributed by atoms with E-state index in [0.717, 1.165) is 25.7 Å². The van der Waals surface area contributed by atoms with Crippen molar-refractivity contribution in [1.82, 2.24) is 0 Å². The number of rotatable bonds is 1. The summed E-state index contributed by atoms with van der Waals surface area (Å²) in [4.78, 5) is 12.1. The van der Waals surface area contributed by atoms with Gasteiger partial charge in [-0.25, -0.2) is 0 Å². The van der Waals surface area contributed by atoms with Gasteiger partial charge in [-0.2, -0.15) is 0 Å². The molecule has 2 aliphatic rings. The third-order valence-corrected chi connectivity index (χ3v) is 6.07. The molecule has 1 amide bonds. The molecule has 3 rings (SSSR count). The van der Waals surface area contributed by atoms with Crippen LogP contribution in [0.4, 0.5) is 0 Å². The normalized spacial score (nSPS) is 36.0. The first-order valence-electron chi connectivity index (χ1n) is 7.78. The van der Waals surface area contributed by atoms with Gasteiger partial charge in [0.25, 0.3) is 0 Å². The molecule has 0 heterocycles. The summed E-state index contributed by atoms with van der Waals surface area (Å²) in [5, 5.41) is 0. The van der Waals surface area contributed by atoms with Gasteiger partial charge in [0.05, 0.1) is 0 Å². The van der Waals surface area contributed by atoms with Gasteiger partial charge in [0, 0.05) is 5.41 Å². The minimum absolute atomic E-state index is 0.107. The topological polar surface area (TPSA) is 43.1 Å². The second kappa shape index (κ2) is 4.34. The molecule has 0 saturated heterocycles. The molecule has 1 aromatic carbocycles. The minimum Gasteiger partial charge on any atom is -0.369 e. The molecule has 2 N–H and O–H groups in total. The lowest BCUT2D eigenvalue weighted by Gasteiger charge is -2.54. The molecule has 2 heteroatoms. The summed E-state index contributed by atoms with van der Waals surface area (Å²) in [5.41, 5.74) is 9.83. The molecule has 2 aliphatic carbocycles. The lowest BCUT2D eigenvalue weighted by Crippen LogP contribution is -2.54. The maximum atomic E-state index is 12.1. The number of fused-ring (bicyclic) bond motifs is 3. The summed E-state index contributed by atoms with van der Waals surface area (Å²) in [7, 11) is 0. The lowest BCUT2D eigenvalue weighted by atomic mass is 9.49. The summed E-state index contributed by atoms with van der Waals surface area (Å²) in [6.07, 6.45) is 5.40. The second-order valence-corrected chi connectivity index (χ2v) is 7.30. The van der Waals surface area contributed by atoms with Crippen LogP contribution < -0.4 is 5.73 Å². The summed E-state index contributed by atoms with van der Waals surface area (Å²) in [6.45, 7) is 6.60. The van der Waals surface area contributed by atoms with E-state index in [9.17, 15) is 4.79 Å². The van der Waals surface area contributed by atoms with Crippen LogP contribution in [0.25, 0.3) is 0 Å². The highest BCUT2D eigenvalue weighted by atomic mass is 16.1. The second-order valence-electron chi connectivity index (χ2n) is 7.30. The van der Waals surface area contributed by atoms with Crippen molar-refractivity contribution >= 4 is 5.91 Å². The minimum atomic E-state index is -0.338. The number of hydrogen-bond donors (Lipinski definition) is 1. The molecule has 2 nitrogen and oxygen atoms in total. The Balaban J connectivity index is 2.12. The largest absolute Gasteiger partial charge is 0.369 e. The van der Waals surface area contributed by atoms with Crippen molar-refractivity contribution in [3.63, 3.8) is 0 Å². The lowest BCUT2D eigenvalue weighted by molar-refractivity contribution is -0.135. The van der Waals surface area contributed by atoms with Gasteiger partial charge < -0.3 is 5.73 Å². The Morgan fingerprint density at radius 1 is 1.30 bits per heavy atom. The molecule has 0 bridgehead atoms. The van der Waals surface area contributed by atoms with E-state index in [1.54, 1.807) is 0 Å². The number of hydrogen-bond acceptors (Lipinski definition) is 1. The van der Waals surface area contributed by atoms with Crippen LogP contribution in [0, 0.1) is 18.3 Å². The van der Waals surface area contributed by atoms with Gasteiger partial charge in [-0.05, 0) is 55.1 Å². The Morgan fingerprint density at radius 3 is 2.75 bits per heavy atom. The molecular weight excluding hydrogens is 246 g/mol. The summed E-state index contributed by atoms with van der Waals surface area (Å²) >= 11 is 0. The fourth-order valence-electron chi connectivity index (χ4n) is 4.92. The number of nitrogens with two attached hydrogens (primary N) is 1. The molecule has 1 saturated carbocycles. The molecule has 0 spiro atoms. The summed E-state index contributed by atoms with van der Waals surface area (Å²) in [6, 6.07) is 6.83. The molecule has 1 aromatic rings. The molecule has 0 aromatic heterocycles. The standard InChI is InChI=1S/C18H25NO/c1-12-5-7-14-13(11-12)6-8-15-17(14,2)9-4-10-18(15,3)16(19)20/h5,7,11,15H,4,6,8-10H2,1-3H3,(H2,19,20). The van der Waals surface area contributed by atoms with Gasteiger partial charge in [0.2, 0.25) is 5.91 Å². The Bertz CT molecular complexity index is 565. The van der Waals surface area contributed by atoms with E-state index in [4.69, 9.17) is 5.73 Å². The van der Waals surface area contributed by atoms with Crippen LogP contribution in [-0.4, -0.2) is 5.91 Å². The molecule has 108 valence electrons. The average molecular weight is 271 g/mol. The number of aryl methyl sites for hydroxylation is 2. The van der Waals surface area contributed by atoms with Crippen LogP contribution in [-0.2, 0) is 16.6 Å². The summed E-state index contributed by atoms with van der Waals surface area (Å²) < 4.78 is 0. The fourth-order valence-corrected chi connectivity index (χ4v) is 4.92. The number of carbonyl (C=O) groups is 1. The predicted octanol–water partition coefficient (Wildman–Crippen LogP) is 3.49. The van der Waals surface area contributed by atoms with Gasteiger partial charge in [-0.1, -0.05) is 44.0 Å². The van der Waals surface area contributed by atoms with Gasteiger partial charge in [-0.3, -0.25) is 4.79 Å². The molecule has 0 aliphatic heterocycles. The highest BCUT2D eigenvalue weighted by Gasteiger charge is 2.54. The zero-order valence-electron chi connectivity index (χ0n) is 12.8. The first-order valence-corrected chi connectivity index (χ1v) is 7.78. The Labute approximate surface area is 121 Å². The maximum absolute atomic E-state index is 12.1. The first-order chi connectivity index (χ1) is 9.38. The van der Waals surface area contributed by atoms with Crippen LogP contribution in [0.1, 0.15) is 56.2 Å². The first kappa shape index (κ1) is 13.7. The van der Waals surface area contributed by atoms with Gasteiger partial charge in [0.15, 0.2) is 0 Å². The van der Waals surface area contributed by atoms with Crippen LogP contribution >= 0.6 is 0 Å². The number of carbonyl (C=O) groups excluding carboxylic acids is 1. The molecule has 3 unspecified atom stereocenters.